The molecule has 6 heterocycles. The number of hydrogen-bond donors (Lipinski definition) is 5. The van der Waals surface area contributed by atoms with Crippen molar-refractivity contribution in [2.75, 3.05) is 87.0 Å². The van der Waals surface area contributed by atoms with Gasteiger partial charge in [0.15, 0.2) is 0 Å². The van der Waals surface area contributed by atoms with Gasteiger partial charge in [-0.15, -0.1) is 0 Å². The average Bonchev–Trinajstić information content (AvgIpc) is 0.762. The third-order valence-electron chi connectivity index (χ3n) is 25.3. The van der Waals surface area contributed by atoms with Gasteiger partial charge in [-0.2, -0.15) is 0 Å². The summed E-state index contributed by atoms with van der Waals surface area (Å²) in [5.41, 5.74) is 22.9. The molecule has 6 aromatic rings. The van der Waals surface area contributed by atoms with Crippen LogP contribution in [0.15, 0.2) is 109 Å². The summed E-state index contributed by atoms with van der Waals surface area (Å²) >= 11 is 3.27. The molecule has 6 aliphatic rings. The fourth-order valence-corrected chi connectivity index (χ4v) is 17.9. The Bertz CT molecular complexity index is 4150. The standard InChI is InChI=1S/C33H47N3O4.C29H43N3O2.C24H33N3.C10H17BrO3/c1-7-39-30(37)15-14-28(31(38)40-8-2)34-24-16-20-36(21-17-24)29-11-9-10-27(35-29)23-12-13-25-26(22-23)33(5,6)19-18-32(25,3)4;1-28(2)14-15-29(3,4)25-19-21(10-11-24(25)28)26-8-5-9-27(31-26)32-16-12-22(13-17-32)30-23(20-34)7-6-18-33;1-23(2)12-13-24(3,4)20-16-17(8-9-19(20)23)21-6-5-7-22(26-21)27-14-10-18(25)11-15-27;1-3-5-9(12)8(11)6-7-10(13)14-4-2/h9-13,22,24,28,34H,7-8,14-21H2,1-6H3;5,8-11,19,22-23,30,33-34H,6-7,12-18,20H2,1-4H3;5-9,16,18H,10-15,25H2,1-4H3;8H,3-7H2,1-2H3. The van der Waals surface area contributed by atoms with Gasteiger partial charge in [0.25, 0.3) is 0 Å². The van der Waals surface area contributed by atoms with Gasteiger partial charge in [-0.3, -0.25) is 19.2 Å². The van der Waals surface area contributed by atoms with Crippen LogP contribution in [0.5, 0.6) is 0 Å². The molecule has 12 rings (SSSR count). The maximum Gasteiger partial charge on any atom is 0.323 e. The molecule has 3 aromatic heterocycles. The topological polar surface area (TPSA) is 235 Å². The van der Waals surface area contributed by atoms with Gasteiger partial charge in [0.1, 0.15) is 29.3 Å². The summed E-state index contributed by atoms with van der Waals surface area (Å²) in [6.07, 6.45) is 17.6. The number of halogens is 1. The summed E-state index contributed by atoms with van der Waals surface area (Å²) in [7, 11) is 0. The summed E-state index contributed by atoms with van der Waals surface area (Å²) in [5.74, 6) is 2.45. The quantitative estimate of drug-likeness (QED) is 0.0183. The monoisotopic (exact) mass is 1640 g/mol. The number of pyridine rings is 3. The number of nitrogens with zero attached hydrogens (tertiary/aromatic N) is 6. The maximum atomic E-state index is 12.6. The number of nitrogens with two attached hydrogens (primary N) is 1. The predicted octanol–water partition coefficient (Wildman–Crippen LogP) is 18.2. The fraction of sp³-hybridized carbons (Fsp3) is 0.615. The molecule has 0 saturated carbocycles. The molecule has 0 bridgehead atoms. The van der Waals surface area contributed by atoms with Crippen LogP contribution in [0.1, 0.15) is 273 Å². The highest BCUT2D eigenvalue weighted by atomic mass is 79.9. The number of carbonyl (C=O) groups excluding carboxylic acids is 4. The number of alkyl halides is 1. The number of esters is 3. The van der Waals surface area contributed by atoms with E-state index < -0.39 is 6.04 Å². The predicted molar refractivity (Wildman–Crippen MR) is 473 cm³/mol. The first-order valence-corrected chi connectivity index (χ1v) is 44.3. The number of aromatic nitrogens is 3. The molecule has 0 spiro atoms. The normalized spacial score (nSPS) is 19.3. The number of aliphatic hydroxyl groups is 2. The molecule has 115 heavy (non-hydrogen) atoms. The Kier molecular flexibility index (Phi) is 33.1. The van der Waals surface area contributed by atoms with E-state index in [4.69, 9.17) is 40.0 Å². The Morgan fingerprint density at radius 2 is 0.809 bits per heavy atom. The summed E-state index contributed by atoms with van der Waals surface area (Å²) in [6.45, 7) is 42.7. The molecule has 3 atom stereocenters. The number of carbonyl (C=O) groups is 4. The number of ketones is 1. The summed E-state index contributed by atoms with van der Waals surface area (Å²) in [6, 6.07) is 40.5. The van der Waals surface area contributed by atoms with Gasteiger partial charge in [-0.05, 0) is 250 Å². The van der Waals surface area contributed by atoms with Gasteiger partial charge in [0.2, 0.25) is 0 Å². The van der Waals surface area contributed by atoms with Crippen LogP contribution < -0.4 is 31.1 Å². The number of piperidine rings is 3. The highest BCUT2D eigenvalue weighted by Gasteiger charge is 2.41. The number of benzene rings is 3. The third-order valence-corrected chi connectivity index (χ3v) is 26.2. The van der Waals surface area contributed by atoms with Crippen molar-refractivity contribution in [3.8, 4) is 33.8 Å². The molecule has 19 heteroatoms. The van der Waals surface area contributed by atoms with Crippen molar-refractivity contribution in [3.63, 3.8) is 0 Å². The van der Waals surface area contributed by atoms with E-state index in [9.17, 15) is 24.3 Å². The summed E-state index contributed by atoms with van der Waals surface area (Å²) in [5, 5.41) is 25.7. The fourth-order valence-electron chi connectivity index (χ4n) is 17.4. The van der Waals surface area contributed by atoms with Gasteiger partial charge in [0, 0.05) is 106 Å². The van der Waals surface area contributed by atoms with Crippen LogP contribution >= 0.6 is 15.9 Å². The van der Waals surface area contributed by atoms with Crippen molar-refractivity contribution >= 4 is 57.1 Å². The first-order chi connectivity index (χ1) is 54.6. The zero-order chi connectivity index (χ0) is 83.5. The molecule has 0 amide bonds. The number of nitrogens with one attached hydrogen (secondary N) is 2. The molecule has 630 valence electrons. The number of ether oxygens (including phenoxy) is 3. The van der Waals surface area contributed by atoms with Crippen molar-refractivity contribution in [1.82, 2.24) is 25.6 Å². The zero-order valence-electron chi connectivity index (χ0n) is 72.7. The second-order valence-electron chi connectivity index (χ2n) is 36.8. The number of fused-ring (bicyclic) bond motifs is 3. The van der Waals surface area contributed by atoms with Gasteiger partial charge < -0.3 is 55.5 Å². The molecule has 3 aromatic carbocycles. The van der Waals surface area contributed by atoms with Crippen LogP contribution in [0.25, 0.3) is 33.8 Å². The lowest BCUT2D eigenvalue weighted by Gasteiger charge is -2.42. The average molecular weight is 1640 g/mol. The number of hydrogen-bond acceptors (Lipinski definition) is 18. The number of anilines is 3. The van der Waals surface area contributed by atoms with E-state index in [0.717, 1.165) is 132 Å². The molecular formula is C96H140BrN9O9. The molecule has 6 N–H and O–H groups in total. The first-order valence-electron chi connectivity index (χ1n) is 43.4. The van der Waals surface area contributed by atoms with Crippen LogP contribution in [0, 0.1) is 0 Å². The second-order valence-corrected chi connectivity index (χ2v) is 37.9. The van der Waals surface area contributed by atoms with Crippen molar-refractivity contribution in [2.24, 2.45) is 5.73 Å². The van der Waals surface area contributed by atoms with Crippen molar-refractivity contribution in [2.45, 2.75) is 307 Å². The Hall–Kier alpha value is -7.13. The highest BCUT2D eigenvalue weighted by Crippen LogP contribution is 2.50. The van der Waals surface area contributed by atoms with E-state index in [-0.39, 0.29) is 92.7 Å². The SMILES string of the molecule is CC1(C)CCC(C)(C)c2cc(-c3cccc(N4CCC(N)CC4)n3)ccc21.CC1(C)CCC(C)(C)c2cc(-c3cccc(N4CCC(NC(CO)CCCO)CC4)n3)ccc21.CCCC(=O)C(Br)CCC(=O)OCC.CCOC(=O)CCC(NC1CCN(c2cccc(-c3ccc4c(c3)C(C)(C)CCC4(C)C)n2)CC1)C(=O)OCC. The number of Topliss-reactive ketones (excluding diaryl/α,β-unsaturated/α-hetero) is 1. The van der Waals surface area contributed by atoms with Crippen molar-refractivity contribution < 1.29 is 43.6 Å². The lowest BCUT2D eigenvalue weighted by molar-refractivity contribution is -0.147. The molecular weight excluding hydrogens is 1500 g/mol. The van der Waals surface area contributed by atoms with Crippen LogP contribution in [0.3, 0.4) is 0 Å². The largest absolute Gasteiger partial charge is 0.466 e. The van der Waals surface area contributed by atoms with E-state index in [1.54, 1.807) is 20.8 Å². The van der Waals surface area contributed by atoms with Gasteiger partial charge in [-0.1, -0.05) is 161 Å². The molecule has 3 aliphatic heterocycles. The van der Waals surface area contributed by atoms with Gasteiger partial charge >= 0.3 is 17.9 Å². The second kappa shape index (κ2) is 41.5. The van der Waals surface area contributed by atoms with Crippen LogP contribution in [0.2, 0.25) is 0 Å². The van der Waals surface area contributed by atoms with E-state index in [2.05, 4.69) is 234 Å². The van der Waals surface area contributed by atoms with Gasteiger partial charge in [0.05, 0.1) is 48.3 Å². The summed E-state index contributed by atoms with van der Waals surface area (Å²) < 4.78 is 15.1. The Balaban J connectivity index is 0.000000184. The van der Waals surface area contributed by atoms with Gasteiger partial charge in [-0.25, -0.2) is 15.0 Å². The Morgan fingerprint density at radius 3 is 1.16 bits per heavy atom. The molecule has 3 unspecified atom stereocenters. The Labute approximate surface area is 698 Å². The number of rotatable bonds is 27. The first kappa shape index (κ1) is 91.8. The summed E-state index contributed by atoms with van der Waals surface area (Å²) in [4.78, 5) is 68.8. The lowest BCUT2D eigenvalue weighted by Crippen LogP contribution is -2.49. The van der Waals surface area contributed by atoms with Crippen LogP contribution in [-0.4, -0.2) is 156 Å². The van der Waals surface area contributed by atoms with E-state index in [1.165, 1.54) is 88.6 Å². The molecule has 3 aliphatic carbocycles. The molecule has 3 fully saturated rings. The lowest BCUT2D eigenvalue weighted by atomic mass is 9.63. The third kappa shape index (κ3) is 25.0. The zero-order valence-corrected chi connectivity index (χ0v) is 74.3. The van der Waals surface area contributed by atoms with Crippen LogP contribution in [0.4, 0.5) is 17.5 Å². The van der Waals surface area contributed by atoms with Crippen LogP contribution in [-0.2, 0) is 65.9 Å². The number of aliphatic hydroxyl groups excluding tert-OH is 2. The highest BCUT2D eigenvalue weighted by molar-refractivity contribution is 9.10. The van der Waals surface area contributed by atoms with E-state index in [1.807, 2.05) is 6.92 Å². The van der Waals surface area contributed by atoms with Crippen molar-refractivity contribution in [1.29, 1.82) is 0 Å². The Morgan fingerprint density at radius 1 is 0.461 bits per heavy atom. The minimum Gasteiger partial charge on any atom is -0.466 e. The van der Waals surface area contributed by atoms with E-state index in [0.29, 0.717) is 57.6 Å². The maximum absolute atomic E-state index is 12.6. The molecule has 18 nitrogen and oxygen atoms in total. The minimum absolute atomic E-state index is 0.0726. The minimum atomic E-state index is -0.513. The molecule has 3 saturated heterocycles. The van der Waals surface area contributed by atoms with E-state index >= 15 is 0 Å². The molecule has 0 radical (unpaired) electrons. The smallest absolute Gasteiger partial charge is 0.323 e. The van der Waals surface area contributed by atoms with Crippen molar-refractivity contribution in [3.05, 3.63) is 143 Å².